The normalized spacial score (nSPS) is 24.0. The number of carbonyl (C=O) groups is 1. The largest absolute Gasteiger partial charge is 0.341 e. The van der Waals surface area contributed by atoms with Crippen LogP contribution in [0.4, 0.5) is 4.79 Å². The molecule has 76 valence electrons. The number of amides is 2. The van der Waals surface area contributed by atoms with E-state index in [-0.39, 0.29) is 6.03 Å². The van der Waals surface area contributed by atoms with Gasteiger partial charge in [-0.15, -0.1) is 0 Å². The Morgan fingerprint density at radius 3 is 2.92 bits per heavy atom. The van der Waals surface area contributed by atoms with Crippen LogP contribution in [0.5, 0.6) is 0 Å². The summed E-state index contributed by atoms with van der Waals surface area (Å²) >= 11 is 0. The standard InChI is InChI=1S/C9H19N3O/c1-10-9(13)11-7-8-5-3-4-6-12(8)2/h8H,3-7H2,1-2H3,(H2,10,11,13). The molecule has 0 aromatic heterocycles. The predicted octanol–water partition coefficient (Wildman–Crippen LogP) is 0.400. The van der Waals surface area contributed by atoms with Crippen LogP contribution in [0.25, 0.3) is 0 Å². The third kappa shape index (κ3) is 3.22. The molecule has 0 saturated carbocycles. The van der Waals surface area contributed by atoms with Crippen molar-refractivity contribution in [2.45, 2.75) is 25.3 Å². The monoisotopic (exact) mass is 185 g/mol. The fourth-order valence-corrected chi connectivity index (χ4v) is 1.70. The molecular formula is C9H19N3O. The van der Waals surface area contributed by atoms with E-state index >= 15 is 0 Å². The van der Waals surface area contributed by atoms with Crippen molar-refractivity contribution in [3.63, 3.8) is 0 Å². The Bertz CT molecular complexity index is 172. The average molecular weight is 185 g/mol. The number of hydrogen-bond donors (Lipinski definition) is 2. The minimum atomic E-state index is -0.0843. The molecule has 1 fully saturated rings. The van der Waals surface area contributed by atoms with Crippen molar-refractivity contribution in [1.29, 1.82) is 0 Å². The summed E-state index contributed by atoms with van der Waals surface area (Å²) in [5, 5.41) is 5.39. The first-order valence-electron chi connectivity index (χ1n) is 4.90. The molecule has 1 aliphatic heterocycles. The highest BCUT2D eigenvalue weighted by Gasteiger charge is 2.18. The quantitative estimate of drug-likeness (QED) is 0.654. The molecule has 0 spiro atoms. The third-order valence-corrected chi connectivity index (χ3v) is 2.65. The van der Waals surface area contributed by atoms with Gasteiger partial charge in [0.15, 0.2) is 0 Å². The van der Waals surface area contributed by atoms with Crippen LogP contribution in [0, 0.1) is 0 Å². The second-order valence-electron chi connectivity index (χ2n) is 3.59. The molecule has 1 saturated heterocycles. The zero-order valence-electron chi connectivity index (χ0n) is 8.47. The summed E-state index contributed by atoms with van der Waals surface area (Å²) < 4.78 is 0. The molecule has 1 unspecified atom stereocenters. The Morgan fingerprint density at radius 1 is 1.54 bits per heavy atom. The second kappa shape index (κ2) is 5.07. The molecule has 0 radical (unpaired) electrons. The molecule has 2 N–H and O–H groups in total. The lowest BCUT2D eigenvalue weighted by Crippen LogP contribution is -2.46. The maximum absolute atomic E-state index is 10.9. The van der Waals surface area contributed by atoms with Gasteiger partial charge < -0.3 is 15.5 Å². The Labute approximate surface area is 79.7 Å². The van der Waals surface area contributed by atoms with Crippen molar-refractivity contribution in [3.05, 3.63) is 0 Å². The van der Waals surface area contributed by atoms with Crippen molar-refractivity contribution in [2.24, 2.45) is 0 Å². The van der Waals surface area contributed by atoms with E-state index in [4.69, 9.17) is 0 Å². The van der Waals surface area contributed by atoms with Crippen molar-refractivity contribution in [2.75, 3.05) is 27.2 Å². The summed E-state index contributed by atoms with van der Waals surface area (Å²) in [6.45, 7) is 1.91. The van der Waals surface area contributed by atoms with E-state index < -0.39 is 0 Å². The van der Waals surface area contributed by atoms with Crippen LogP contribution in [0.3, 0.4) is 0 Å². The molecule has 0 bridgehead atoms. The minimum Gasteiger partial charge on any atom is -0.341 e. The van der Waals surface area contributed by atoms with E-state index in [9.17, 15) is 4.79 Å². The van der Waals surface area contributed by atoms with Crippen LogP contribution in [0.1, 0.15) is 19.3 Å². The molecule has 0 aromatic carbocycles. The van der Waals surface area contributed by atoms with E-state index in [1.165, 1.54) is 19.3 Å². The van der Waals surface area contributed by atoms with E-state index in [1.54, 1.807) is 7.05 Å². The number of rotatable bonds is 2. The van der Waals surface area contributed by atoms with Crippen molar-refractivity contribution >= 4 is 6.03 Å². The molecule has 1 aliphatic rings. The lowest BCUT2D eigenvalue weighted by atomic mass is 10.0. The van der Waals surface area contributed by atoms with Crippen LogP contribution < -0.4 is 10.6 Å². The fourth-order valence-electron chi connectivity index (χ4n) is 1.70. The molecule has 0 aromatic rings. The summed E-state index contributed by atoms with van der Waals surface area (Å²) in [5.74, 6) is 0. The summed E-state index contributed by atoms with van der Waals surface area (Å²) in [4.78, 5) is 13.2. The number of likely N-dealkylation sites (N-methyl/N-ethyl adjacent to an activating group) is 1. The lowest BCUT2D eigenvalue weighted by Gasteiger charge is -2.32. The molecule has 1 heterocycles. The lowest BCUT2D eigenvalue weighted by molar-refractivity contribution is 0.180. The van der Waals surface area contributed by atoms with Gasteiger partial charge in [0.1, 0.15) is 0 Å². The first kappa shape index (κ1) is 10.3. The van der Waals surface area contributed by atoms with Gasteiger partial charge in [-0.3, -0.25) is 0 Å². The smallest absolute Gasteiger partial charge is 0.314 e. The van der Waals surface area contributed by atoms with Crippen LogP contribution in [0.15, 0.2) is 0 Å². The van der Waals surface area contributed by atoms with Crippen LogP contribution in [-0.2, 0) is 0 Å². The van der Waals surface area contributed by atoms with Gasteiger partial charge >= 0.3 is 6.03 Å². The highest BCUT2D eigenvalue weighted by atomic mass is 16.2. The first-order valence-corrected chi connectivity index (χ1v) is 4.90. The van der Waals surface area contributed by atoms with E-state index in [0.717, 1.165) is 13.1 Å². The van der Waals surface area contributed by atoms with Gasteiger partial charge in [-0.05, 0) is 26.4 Å². The van der Waals surface area contributed by atoms with E-state index in [1.807, 2.05) is 0 Å². The number of likely N-dealkylation sites (tertiary alicyclic amines) is 1. The number of hydrogen-bond acceptors (Lipinski definition) is 2. The van der Waals surface area contributed by atoms with E-state index in [0.29, 0.717) is 6.04 Å². The van der Waals surface area contributed by atoms with Crippen LogP contribution in [0.2, 0.25) is 0 Å². The number of nitrogens with one attached hydrogen (secondary N) is 2. The summed E-state index contributed by atoms with van der Waals surface area (Å²) in [6, 6.07) is 0.435. The maximum atomic E-state index is 10.9. The zero-order valence-corrected chi connectivity index (χ0v) is 8.47. The zero-order chi connectivity index (χ0) is 9.68. The second-order valence-corrected chi connectivity index (χ2v) is 3.59. The molecular weight excluding hydrogens is 166 g/mol. The highest BCUT2D eigenvalue weighted by Crippen LogP contribution is 2.13. The topological polar surface area (TPSA) is 44.4 Å². The van der Waals surface area contributed by atoms with Gasteiger partial charge in [-0.1, -0.05) is 6.42 Å². The maximum Gasteiger partial charge on any atom is 0.314 e. The number of piperidine rings is 1. The number of nitrogens with zero attached hydrogens (tertiary/aromatic N) is 1. The Morgan fingerprint density at radius 2 is 2.31 bits per heavy atom. The minimum absolute atomic E-state index is 0.0843. The summed E-state index contributed by atoms with van der Waals surface area (Å²) in [5.41, 5.74) is 0. The molecule has 1 atom stereocenters. The fraction of sp³-hybridized carbons (Fsp3) is 0.889. The van der Waals surface area contributed by atoms with E-state index in [2.05, 4.69) is 22.6 Å². The molecule has 4 heteroatoms. The summed E-state index contributed by atoms with van der Waals surface area (Å²) in [7, 11) is 3.76. The van der Waals surface area contributed by atoms with Gasteiger partial charge in [-0.2, -0.15) is 0 Å². The molecule has 1 rings (SSSR count). The SMILES string of the molecule is CNC(=O)NCC1CCCCN1C. The molecule has 4 nitrogen and oxygen atoms in total. The van der Waals surface area contributed by atoms with Gasteiger partial charge in [0.2, 0.25) is 0 Å². The Kier molecular flexibility index (Phi) is 4.02. The van der Waals surface area contributed by atoms with Gasteiger partial charge in [0, 0.05) is 19.6 Å². The van der Waals surface area contributed by atoms with Crippen LogP contribution >= 0.6 is 0 Å². The molecule has 0 aliphatic carbocycles. The van der Waals surface area contributed by atoms with Gasteiger partial charge in [0.25, 0.3) is 0 Å². The van der Waals surface area contributed by atoms with Crippen LogP contribution in [-0.4, -0.2) is 44.2 Å². The van der Waals surface area contributed by atoms with Gasteiger partial charge in [0.05, 0.1) is 0 Å². The summed E-state index contributed by atoms with van der Waals surface area (Å²) in [6.07, 6.45) is 3.76. The predicted molar refractivity (Wildman–Crippen MR) is 52.7 cm³/mol. The van der Waals surface area contributed by atoms with Crippen molar-refractivity contribution in [3.8, 4) is 0 Å². The number of carbonyl (C=O) groups excluding carboxylic acids is 1. The average Bonchev–Trinajstić information content (AvgIpc) is 2.16. The van der Waals surface area contributed by atoms with Crippen molar-refractivity contribution in [1.82, 2.24) is 15.5 Å². The first-order chi connectivity index (χ1) is 6.24. The third-order valence-electron chi connectivity index (χ3n) is 2.65. The number of urea groups is 1. The Balaban J connectivity index is 2.22. The van der Waals surface area contributed by atoms with Gasteiger partial charge in [-0.25, -0.2) is 4.79 Å². The van der Waals surface area contributed by atoms with Crippen molar-refractivity contribution < 1.29 is 4.79 Å². The molecule has 13 heavy (non-hydrogen) atoms. The Hall–Kier alpha value is -0.770. The molecule has 2 amide bonds. The highest BCUT2D eigenvalue weighted by molar-refractivity contribution is 5.73.